The second-order valence-corrected chi connectivity index (χ2v) is 5.22. The maximum atomic E-state index is 13.0. The van der Waals surface area contributed by atoms with E-state index >= 15 is 0 Å². The van der Waals surface area contributed by atoms with Gasteiger partial charge in [-0.15, -0.1) is 0 Å². The lowest BCUT2D eigenvalue weighted by atomic mass is 10.1. The van der Waals surface area contributed by atoms with E-state index in [2.05, 4.69) is 15.5 Å². The molecule has 0 bridgehead atoms. The number of hydrogen-bond donors (Lipinski definition) is 1. The number of nitrogens with zero attached hydrogens (tertiary/aromatic N) is 2. The number of anilines is 1. The largest absolute Gasteiger partial charge is 0.417 e. The number of rotatable bonds is 3. The molecule has 128 valence electrons. The van der Waals surface area contributed by atoms with E-state index in [4.69, 9.17) is 4.52 Å². The van der Waals surface area contributed by atoms with E-state index in [1.165, 1.54) is 12.1 Å². The number of nitrogens with one attached hydrogen (secondary N) is 1. The summed E-state index contributed by atoms with van der Waals surface area (Å²) in [5.41, 5.74) is -0.437. The zero-order valence-corrected chi connectivity index (χ0v) is 13.0. The standard InChI is InChI=1S/C17H12F3N3O2/c1-10-21-16(25-23-10)11-6-8-12(9-7-11)22-15(24)13-4-2-3-5-14(13)17(18,19)20/h2-9H,1H3,(H,22,24). The van der Waals surface area contributed by atoms with Gasteiger partial charge >= 0.3 is 6.18 Å². The molecule has 1 amide bonds. The van der Waals surface area contributed by atoms with Crippen LogP contribution in [0.25, 0.3) is 11.5 Å². The molecule has 3 rings (SSSR count). The smallest absolute Gasteiger partial charge is 0.334 e. The monoisotopic (exact) mass is 347 g/mol. The highest BCUT2D eigenvalue weighted by Gasteiger charge is 2.34. The molecular formula is C17H12F3N3O2. The van der Waals surface area contributed by atoms with Crippen molar-refractivity contribution in [1.29, 1.82) is 0 Å². The Bertz CT molecular complexity index is 902. The van der Waals surface area contributed by atoms with Gasteiger partial charge in [0.2, 0.25) is 0 Å². The second-order valence-electron chi connectivity index (χ2n) is 5.22. The summed E-state index contributed by atoms with van der Waals surface area (Å²) in [5, 5.41) is 6.12. The Balaban J connectivity index is 1.80. The molecule has 0 fully saturated rings. The average molecular weight is 347 g/mol. The van der Waals surface area contributed by atoms with E-state index in [1.807, 2.05) is 0 Å². The van der Waals surface area contributed by atoms with Crippen molar-refractivity contribution in [3.8, 4) is 11.5 Å². The molecule has 0 saturated heterocycles. The van der Waals surface area contributed by atoms with Crippen molar-refractivity contribution >= 4 is 11.6 Å². The van der Waals surface area contributed by atoms with Crippen LogP contribution in [-0.4, -0.2) is 16.0 Å². The van der Waals surface area contributed by atoms with Gasteiger partial charge in [-0.05, 0) is 43.3 Å². The number of aryl methyl sites for hydroxylation is 1. The lowest BCUT2D eigenvalue weighted by molar-refractivity contribution is -0.137. The van der Waals surface area contributed by atoms with Gasteiger partial charge < -0.3 is 9.84 Å². The van der Waals surface area contributed by atoms with Crippen LogP contribution in [0.1, 0.15) is 21.7 Å². The summed E-state index contributed by atoms with van der Waals surface area (Å²) in [7, 11) is 0. The minimum absolute atomic E-state index is 0.317. The zero-order chi connectivity index (χ0) is 18.0. The van der Waals surface area contributed by atoms with Crippen molar-refractivity contribution in [3.63, 3.8) is 0 Å². The Morgan fingerprint density at radius 1 is 1.08 bits per heavy atom. The first-order valence-corrected chi connectivity index (χ1v) is 7.23. The van der Waals surface area contributed by atoms with Gasteiger partial charge in [0.15, 0.2) is 5.82 Å². The lowest BCUT2D eigenvalue weighted by Crippen LogP contribution is -2.18. The summed E-state index contributed by atoms with van der Waals surface area (Å²) in [6.45, 7) is 1.68. The number of benzene rings is 2. The summed E-state index contributed by atoms with van der Waals surface area (Å²) in [5.74, 6) is -0.0387. The Morgan fingerprint density at radius 2 is 1.76 bits per heavy atom. The van der Waals surface area contributed by atoms with Gasteiger partial charge in [0.1, 0.15) is 0 Å². The first-order chi connectivity index (χ1) is 11.8. The molecule has 3 aromatic rings. The van der Waals surface area contributed by atoms with Gasteiger partial charge in [-0.2, -0.15) is 18.2 Å². The number of carbonyl (C=O) groups is 1. The third-order valence-electron chi connectivity index (χ3n) is 3.39. The zero-order valence-electron chi connectivity index (χ0n) is 13.0. The van der Waals surface area contributed by atoms with Gasteiger partial charge in [-0.3, -0.25) is 4.79 Å². The summed E-state index contributed by atoms with van der Waals surface area (Å²) in [6, 6.07) is 11.0. The molecule has 0 atom stereocenters. The normalized spacial score (nSPS) is 11.4. The maximum absolute atomic E-state index is 13.0. The molecule has 0 unspecified atom stereocenters. The van der Waals surface area contributed by atoms with Gasteiger partial charge in [0.05, 0.1) is 11.1 Å². The SMILES string of the molecule is Cc1noc(-c2ccc(NC(=O)c3ccccc3C(F)(F)F)cc2)n1. The van der Waals surface area contributed by atoms with Crippen LogP contribution in [0.2, 0.25) is 0 Å². The predicted octanol–water partition coefficient (Wildman–Crippen LogP) is 4.32. The Hall–Kier alpha value is -3.16. The summed E-state index contributed by atoms with van der Waals surface area (Å²) in [4.78, 5) is 16.3. The third-order valence-corrected chi connectivity index (χ3v) is 3.39. The second kappa shape index (κ2) is 6.39. The first-order valence-electron chi connectivity index (χ1n) is 7.23. The molecule has 5 nitrogen and oxygen atoms in total. The number of aromatic nitrogens is 2. The molecule has 0 saturated carbocycles. The van der Waals surface area contributed by atoms with Crippen molar-refractivity contribution < 1.29 is 22.5 Å². The van der Waals surface area contributed by atoms with Crippen molar-refractivity contribution in [2.24, 2.45) is 0 Å². The topological polar surface area (TPSA) is 68.0 Å². The average Bonchev–Trinajstić information content (AvgIpc) is 3.01. The quantitative estimate of drug-likeness (QED) is 0.766. The molecule has 1 N–H and O–H groups in total. The van der Waals surface area contributed by atoms with Gasteiger partial charge in [-0.1, -0.05) is 17.3 Å². The van der Waals surface area contributed by atoms with E-state index in [1.54, 1.807) is 31.2 Å². The Kier molecular flexibility index (Phi) is 4.26. The van der Waals surface area contributed by atoms with Crippen molar-refractivity contribution in [2.75, 3.05) is 5.32 Å². The number of halogens is 3. The van der Waals surface area contributed by atoms with Crippen molar-refractivity contribution in [1.82, 2.24) is 10.1 Å². The summed E-state index contributed by atoms with van der Waals surface area (Å²) < 4.78 is 44.0. The molecule has 0 radical (unpaired) electrons. The first kappa shape index (κ1) is 16.7. The fourth-order valence-electron chi connectivity index (χ4n) is 2.24. The highest BCUT2D eigenvalue weighted by Crippen LogP contribution is 2.32. The fraction of sp³-hybridized carbons (Fsp3) is 0.118. The highest BCUT2D eigenvalue weighted by molar-refractivity contribution is 6.05. The Labute approximate surface area is 140 Å². The minimum Gasteiger partial charge on any atom is -0.334 e. The number of alkyl halides is 3. The van der Waals surface area contributed by atoms with Crippen LogP contribution in [0.15, 0.2) is 53.1 Å². The molecule has 2 aromatic carbocycles. The fourth-order valence-corrected chi connectivity index (χ4v) is 2.24. The van der Waals surface area contributed by atoms with E-state index in [-0.39, 0.29) is 0 Å². The molecule has 1 heterocycles. The summed E-state index contributed by atoms with van der Waals surface area (Å²) in [6.07, 6.45) is -4.60. The molecule has 0 aliphatic carbocycles. The van der Waals surface area contributed by atoms with Crippen LogP contribution in [0.3, 0.4) is 0 Å². The Morgan fingerprint density at radius 3 is 2.36 bits per heavy atom. The number of hydrogen-bond acceptors (Lipinski definition) is 4. The van der Waals surface area contributed by atoms with Crippen molar-refractivity contribution in [2.45, 2.75) is 13.1 Å². The highest BCUT2D eigenvalue weighted by atomic mass is 19.4. The van der Waals surface area contributed by atoms with Crippen LogP contribution in [-0.2, 0) is 6.18 Å². The third kappa shape index (κ3) is 3.68. The molecule has 0 aliphatic heterocycles. The van der Waals surface area contributed by atoms with Gasteiger partial charge in [0, 0.05) is 11.3 Å². The minimum atomic E-state index is -4.60. The predicted molar refractivity (Wildman–Crippen MR) is 83.9 cm³/mol. The van der Waals surface area contributed by atoms with E-state index in [9.17, 15) is 18.0 Å². The van der Waals surface area contributed by atoms with E-state index < -0.39 is 23.2 Å². The van der Waals surface area contributed by atoms with Crippen LogP contribution in [0.4, 0.5) is 18.9 Å². The molecule has 8 heteroatoms. The van der Waals surface area contributed by atoms with Crippen LogP contribution in [0.5, 0.6) is 0 Å². The maximum Gasteiger partial charge on any atom is 0.417 e. The van der Waals surface area contributed by atoms with Gasteiger partial charge in [-0.25, -0.2) is 0 Å². The van der Waals surface area contributed by atoms with Crippen LogP contribution in [0, 0.1) is 6.92 Å². The molecule has 0 aliphatic rings. The molecule has 0 spiro atoms. The van der Waals surface area contributed by atoms with Gasteiger partial charge in [0.25, 0.3) is 11.8 Å². The van der Waals surface area contributed by atoms with Crippen molar-refractivity contribution in [3.05, 3.63) is 65.5 Å². The summed E-state index contributed by atoms with van der Waals surface area (Å²) >= 11 is 0. The van der Waals surface area contributed by atoms with Crippen LogP contribution < -0.4 is 5.32 Å². The van der Waals surface area contributed by atoms with E-state index in [0.717, 1.165) is 12.1 Å². The van der Waals surface area contributed by atoms with E-state index in [0.29, 0.717) is 23.0 Å². The number of carbonyl (C=O) groups excluding carboxylic acids is 1. The van der Waals surface area contributed by atoms with Crippen LogP contribution >= 0.6 is 0 Å². The molecule has 1 aromatic heterocycles. The molecular weight excluding hydrogens is 335 g/mol. The molecule has 25 heavy (non-hydrogen) atoms. The lowest BCUT2D eigenvalue weighted by Gasteiger charge is -2.12. The number of amides is 1.